The molecule has 0 unspecified atom stereocenters. The van der Waals surface area contributed by atoms with Gasteiger partial charge in [-0.2, -0.15) is 0 Å². The molecule has 1 aliphatic rings. The van der Waals surface area contributed by atoms with Crippen molar-refractivity contribution in [3.05, 3.63) is 65.7 Å². The minimum atomic E-state index is -0.902. The van der Waals surface area contributed by atoms with E-state index in [0.29, 0.717) is 5.92 Å². The summed E-state index contributed by atoms with van der Waals surface area (Å²) in [6, 6.07) is 18.6. The second-order valence-corrected chi connectivity index (χ2v) is 8.56. The van der Waals surface area contributed by atoms with Crippen molar-refractivity contribution in [3.63, 3.8) is 0 Å². The smallest absolute Gasteiger partial charge is 0.118 e. The number of hydrogen-bond donors (Lipinski definition) is 1. The van der Waals surface area contributed by atoms with Crippen LogP contribution in [0.3, 0.4) is 0 Å². The molecule has 1 fully saturated rings. The molecule has 0 aliphatic carbocycles. The van der Waals surface area contributed by atoms with Gasteiger partial charge in [-0.1, -0.05) is 56.3 Å². The Bertz CT molecular complexity index is 707. The average Bonchev–Trinajstić information content (AvgIpc) is 3.24. The molecule has 1 aliphatic heterocycles. The maximum absolute atomic E-state index is 12.2. The summed E-state index contributed by atoms with van der Waals surface area (Å²) in [5.74, 6) is 1.41. The Kier molecular flexibility index (Phi) is 7.14. The van der Waals surface area contributed by atoms with Crippen molar-refractivity contribution in [2.75, 3.05) is 26.7 Å². The summed E-state index contributed by atoms with van der Waals surface area (Å²) in [6.45, 7) is 7.61. The fourth-order valence-corrected chi connectivity index (χ4v) is 4.35. The van der Waals surface area contributed by atoms with Gasteiger partial charge < -0.3 is 14.7 Å². The van der Waals surface area contributed by atoms with Gasteiger partial charge in [0.1, 0.15) is 5.75 Å². The van der Waals surface area contributed by atoms with Crippen LogP contribution in [0.25, 0.3) is 0 Å². The third-order valence-electron chi connectivity index (χ3n) is 6.11. The summed E-state index contributed by atoms with van der Waals surface area (Å²) in [5.41, 5.74) is 1.30. The number of benzene rings is 2. The van der Waals surface area contributed by atoms with Crippen LogP contribution in [-0.4, -0.2) is 36.8 Å². The molecule has 152 valence electrons. The molecule has 1 N–H and O–H groups in total. The zero-order chi connectivity index (χ0) is 20.0. The molecule has 3 rings (SSSR count). The Hall–Kier alpha value is -1.84. The van der Waals surface area contributed by atoms with E-state index in [4.69, 9.17) is 4.74 Å². The number of methoxy groups -OCH3 is 1. The lowest BCUT2D eigenvalue weighted by Crippen LogP contribution is -2.40. The van der Waals surface area contributed by atoms with Crippen molar-refractivity contribution in [2.24, 2.45) is 5.92 Å². The molecule has 0 bridgehead atoms. The normalized spacial score (nSPS) is 18.2. The molecule has 2 aromatic carbocycles. The largest absolute Gasteiger partial charge is 0.497 e. The van der Waals surface area contributed by atoms with Crippen LogP contribution in [0.15, 0.2) is 54.6 Å². The predicted molar refractivity (Wildman–Crippen MR) is 116 cm³/mol. The quantitative estimate of drug-likeness (QED) is 0.648. The van der Waals surface area contributed by atoms with E-state index in [-0.39, 0.29) is 5.92 Å². The second-order valence-electron chi connectivity index (χ2n) is 8.56. The van der Waals surface area contributed by atoms with E-state index in [9.17, 15) is 5.11 Å². The summed E-state index contributed by atoms with van der Waals surface area (Å²) in [7, 11) is 1.68. The van der Waals surface area contributed by atoms with E-state index in [2.05, 4.69) is 49.1 Å². The van der Waals surface area contributed by atoms with Crippen LogP contribution in [0.5, 0.6) is 5.75 Å². The van der Waals surface area contributed by atoms with Crippen molar-refractivity contribution >= 4 is 0 Å². The topological polar surface area (TPSA) is 32.7 Å². The monoisotopic (exact) mass is 381 g/mol. The van der Waals surface area contributed by atoms with Crippen molar-refractivity contribution in [2.45, 2.75) is 51.0 Å². The van der Waals surface area contributed by atoms with E-state index in [1.165, 1.54) is 18.4 Å². The van der Waals surface area contributed by atoms with E-state index < -0.39 is 5.60 Å². The molecular weight excluding hydrogens is 346 g/mol. The summed E-state index contributed by atoms with van der Waals surface area (Å²) >= 11 is 0. The van der Waals surface area contributed by atoms with E-state index in [0.717, 1.165) is 43.8 Å². The van der Waals surface area contributed by atoms with Gasteiger partial charge in [0, 0.05) is 12.5 Å². The highest BCUT2D eigenvalue weighted by Crippen LogP contribution is 2.42. The first-order valence-corrected chi connectivity index (χ1v) is 10.7. The SMILES string of the molecule is COc1ccc([C@@](O)(CCC(C)C)[C@@H](CN2CCCC2)c2ccccc2)cc1. The average molecular weight is 382 g/mol. The maximum atomic E-state index is 12.2. The molecule has 0 radical (unpaired) electrons. The Morgan fingerprint density at radius 1 is 1.00 bits per heavy atom. The molecule has 2 aromatic rings. The molecule has 2 atom stereocenters. The summed E-state index contributed by atoms with van der Waals surface area (Å²) < 4.78 is 5.34. The second kappa shape index (κ2) is 9.58. The van der Waals surface area contributed by atoms with Crippen LogP contribution >= 0.6 is 0 Å². The lowest BCUT2D eigenvalue weighted by atomic mass is 9.73. The Morgan fingerprint density at radius 3 is 2.21 bits per heavy atom. The minimum Gasteiger partial charge on any atom is -0.497 e. The zero-order valence-corrected chi connectivity index (χ0v) is 17.6. The highest BCUT2D eigenvalue weighted by Gasteiger charge is 2.40. The fraction of sp³-hybridized carbons (Fsp3) is 0.520. The zero-order valence-electron chi connectivity index (χ0n) is 17.6. The number of aliphatic hydroxyl groups is 1. The van der Waals surface area contributed by atoms with Gasteiger partial charge in [0.2, 0.25) is 0 Å². The first-order chi connectivity index (χ1) is 13.5. The number of rotatable bonds is 9. The van der Waals surface area contributed by atoms with Gasteiger partial charge in [-0.25, -0.2) is 0 Å². The highest BCUT2D eigenvalue weighted by atomic mass is 16.5. The van der Waals surface area contributed by atoms with Gasteiger partial charge >= 0.3 is 0 Å². The highest BCUT2D eigenvalue weighted by molar-refractivity contribution is 5.35. The number of likely N-dealkylation sites (tertiary alicyclic amines) is 1. The van der Waals surface area contributed by atoms with Gasteiger partial charge in [0.05, 0.1) is 12.7 Å². The Balaban J connectivity index is 2.00. The van der Waals surface area contributed by atoms with Crippen LogP contribution in [-0.2, 0) is 5.60 Å². The van der Waals surface area contributed by atoms with Crippen LogP contribution in [0.1, 0.15) is 56.6 Å². The van der Waals surface area contributed by atoms with Crippen LogP contribution in [0.2, 0.25) is 0 Å². The first-order valence-electron chi connectivity index (χ1n) is 10.7. The number of hydrogen-bond acceptors (Lipinski definition) is 3. The molecule has 3 heteroatoms. The van der Waals surface area contributed by atoms with Crippen LogP contribution in [0, 0.1) is 5.92 Å². The summed E-state index contributed by atoms with van der Waals surface area (Å²) in [6.07, 6.45) is 4.26. The third kappa shape index (κ3) is 4.95. The number of ether oxygens (including phenoxy) is 1. The van der Waals surface area contributed by atoms with Gasteiger partial charge in [0.25, 0.3) is 0 Å². The Labute approximate surface area is 170 Å². The van der Waals surface area contributed by atoms with E-state index >= 15 is 0 Å². The predicted octanol–water partition coefficient (Wildman–Crippen LogP) is 5.20. The molecule has 1 saturated heterocycles. The van der Waals surface area contributed by atoms with Gasteiger partial charge in [-0.15, -0.1) is 0 Å². The summed E-state index contributed by atoms with van der Waals surface area (Å²) in [4.78, 5) is 2.52. The van der Waals surface area contributed by atoms with E-state index in [1.807, 2.05) is 24.3 Å². The number of nitrogens with zero attached hydrogens (tertiary/aromatic N) is 1. The van der Waals surface area contributed by atoms with Crippen LogP contribution < -0.4 is 4.74 Å². The van der Waals surface area contributed by atoms with Gasteiger partial charge in [-0.05, 0) is 68.0 Å². The minimum absolute atomic E-state index is 0.0407. The molecular formula is C25H35NO2. The van der Waals surface area contributed by atoms with E-state index in [1.54, 1.807) is 7.11 Å². The fourth-order valence-electron chi connectivity index (χ4n) is 4.35. The van der Waals surface area contributed by atoms with Crippen LogP contribution in [0.4, 0.5) is 0 Å². The molecule has 0 amide bonds. The standard InChI is InChI=1S/C25H35NO2/c1-20(2)15-16-25(27,22-11-13-23(28-3)14-12-22)24(19-26-17-7-8-18-26)21-9-5-4-6-10-21/h4-6,9-14,20,24,27H,7-8,15-19H2,1-3H3/t24-,25-/m0/s1. The lowest BCUT2D eigenvalue weighted by Gasteiger charge is -2.40. The Morgan fingerprint density at radius 2 is 1.64 bits per heavy atom. The van der Waals surface area contributed by atoms with Crippen molar-refractivity contribution in [1.29, 1.82) is 0 Å². The molecule has 0 spiro atoms. The van der Waals surface area contributed by atoms with Crippen molar-refractivity contribution in [1.82, 2.24) is 4.90 Å². The van der Waals surface area contributed by atoms with Gasteiger partial charge in [0.15, 0.2) is 0 Å². The van der Waals surface area contributed by atoms with Crippen molar-refractivity contribution in [3.8, 4) is 5.75 Å². The van der Waals surface area contributed by atoms with Gasteiger partial charge in [-0.3, -0.25) is 0 Å². The molecule has 1 heterocycles. The first kappa shape index (κ1) is 20.9. The third-order valence-corrected chi connectivity index (χ3v) is 6.11. The maximum Gasteiger partial charge on any atom is 0.118 e. The molecule has 0 saturated carbocycles. The summed E-state index contributed by atoms with van der Waals surface area (Å²) in [5, 5.41) is 12.2. The van der Waals surface area contributed by atoms with Crippen molar-refractivity contribution < 1.29 is 9.84 Å². The molecule has 28 heavy (non-hydrogen) atoms. The lowest BCUT2D eigenvalue weighted by molar-refractivity contribution is -0.0154. The molecule has 0 aromatic heterocycles. The molecule has 3 nitrogen and oxygen atoms in total.